The lowest BCUT2D eigenvalue weighted by Crippen LogP contribution is -2.69. The van der Waals surface area contributed by atoms with E-state index in [0.717, 1.165) is 65.6 Å². The van der Waals surface area contributed by atoms with E-state index in [1.165, 1.54) is 6.07 Å². The van der Waals surface area contributed by atoms with E-state index in [9.17, 15) is 4.39 Å². The highest BCUT2D eigenvalue weighted by Crippen LogP contribution is 2.52. The van der Waals surface area contributed by atoms with E-state index in [2.05, 4.69) is 41.0 Å². The van der Waals surface area contributed by atoms with E-state index in [1.54, 1.807) is 25.5 Å². The number of halogens is 1. The molecule has 0 unspecified atom stereocenters. The van der Waals surface area contributed by atoms with E-state index in [0.29, 0.717) is 12.2 Å². The first-order chi connectivity index (χ1) is 16.7. The summed E-state index contributed by atoms with van der Waals surface area (Å²) in [6, 6.07) is 3.57. The highest BCUT2D eigenvalue weighted by molar-refractivity contribution is 5.88. The first-order valence-corrected chi connectivity index (χ1v) is 12.1. The summed E-state index contributed by atoms with van der Waals surface area (Å²) < 4.78 is 20.5. The normalized spacial score (nSPS) is 19.6. The second-order valence-electron chi connectivity index (χ2n) is 11.0. The van der Waals surface area contributed by atoms with Gasteiger partial charge in [-0.3, -0.25) is 0 Å². The number of fused-ring (bicyclic) bond motifs is 3. The lowest BCUT2D eigenvalue weighted by Gasteiger charge is -2.60. The number of anilines is 2. The summed E-state index contributed by atoms with van der Waals surface area (Å²) in [5.74, 6) is 1.69. The second kappa shape index (κ2) is 7.58. The number of rotatable bonds is 4. The topological polar surface area (TPSA) is 102 Å². The van der Waals surface area contributed by atoms with Crippen LogP contribution >= 0.6 is 0 Å². The Morgan fingerprint density at radius 2 is 1.91 bits per heavy atom. The van der Waals surface area contributed by atoms with Gasteiger partial charge in [0.25, 0.3) is 0 Å². The third-order valence-corrected chi connectivity index (χ3v) is 7.60. The number of hydrogen-bond donors (Lipinski definition) is 2. The molecule has 1 atom stereocenters. The first-order valence-electron chi connectivity index (χ1n) is 12.1. The minimum absolute atomic E-state index is 0.155. The third-order valence-electron chi connectivity index (χ3n) is 7.60. The molecule has 6 rings (SSSR count). The Morgan fingerprint density at radius 1 is 1.17 bits per heavy atom. The van der Waals surface area contributed by atoms with Crippen molar-refractivity contribution in [3.05, 3.63) is 47.4 Å². The molecule has 3 aromatic rings. The van der Waals surface area contributed by atoms with Crippen molar-refractivity contribution >= 4 is 11.5 Å². The highest BCUT2D eigenvalue weighted by Gasteiger charge is 2.54. The van der Waals surface area contributed by atoms with Crippen LogP contribution in [-0.4, -0.2) is 46.1 Å². The largest absolute Gasteiger partial charge is 0.421 e. The molecule has 182 valence electrons. The molecular formula is C26H30FN7O. The fourth-order valence-electron chi connectivity index (χ4n) is 5.43. The van der Waals surface area contributed by atoms with Crippen LogP contribution in [0, 0.1) is 11.2 Å². The van der Waals surface area contributed by atoms with Crippen LogP contribution in [-0.2, 0) is 11.8 Å². The molecule has 3 N–H and O–H groups in total. The maximum Gasteiger partial charge on any atom is 0.324 e. The summed E-state index contributed by atoms with van der Waals surface area (Å²) >= 11 is 0. The summed E-state index contributed by atoms with van der Waals surface area (Å²) in [6.07, 6.45) is 6.07. The van der Waals surface area contributed by atoms with Gasteiger partial charge in [-0.25, -0.2) is 14.4 Å². The zero-order valence-electron chi connectivity index (χ0n) is 20.5. The predicted molar refractivity (Wildman–Crippen MR) is 132 cm³/mol. The lowest BCUT2D eigenvalue weighted by molar-refractivity contribution is 0.0558. The van der Waals surface area contributed by atoms with Crippen molar-refractivity contribution in [1.82, 2.24) is 19.9 Å². The molecule has 0 amide bonds. The number of nitrogens with two attached hydrogens (primary N) is 1. The molecule has 1 saturated heterocycles. The van der Waals surface area contributed by atoms with Crippen LogP contribution in [0.15, 0.2) is 24.5 Å². The Bertz CT molecular complexity index is 1310. The van der Waals surface area contributed by atoms with Crippen LogP contribution in [0.2, 0.25) is 0 Å². The van der Waals surface area contributed by atoms with Crippen molar-refractivity contribution in [2.24, 2.45) is 11.1 Å². The number of nitrogens with one attached hydrogen (secondary N) is 1. The van der Waals surface area contributed by atoms with E-state index in [1.807, 2.05) is 0 Å². The third kappa shape index (κ3) is 3.52. The van der Waals surface area contributed by atoms with Gasteiger partial charge in [0.1, 0.15) is 17.5 Å². The molecule has 0 radical (unpaired) electrons. The molecule has 1 saturated carbocycles. The Kier molecular flexibility index (Phi) is 4.80. The minimum atomic E-state index is -0.288. The summed E-state index contributed by atoms with van der Waals surface area (Å²) in [6.45, 7) is 7.86. The molecule has 9 heteroatoms. The molecule has 1 aliphatic heterocycles. The van der Waals surface area contributed by atoms with Crippen LogP contribution in [0.4, 0.5) is 15.9 Å². The van der Waals surface area contributed by atoms with E-state index >= 15 is 0 Å². The molecule has 8 nitrogen and oxygen atoms in total. The van der Waals surface area contributed by atoms with Gasteiger partial charge in [0.05, 0.1) is 18.1 Å². The second-order valence-corrected chi connectivity index (χ2v) is 11.0. The number of nitrogens with zero attached hydrogens (tertiary/aromatic N) is 5. The first kappa shape index (κ1) is 22.2. The Labute approximate surface area is 204 Å². The predicted octanol–water partition coefficient (Wildman–Crippen LogP) is 4.04. The van der Waals surface area contributed by atoms with Crippen molar-refractivity contribution in [1.29, 1.82) is 0 Å². The molecule has 0 bridgehead atoms. The van der Waals surface area contributed by atoms with Crippen LogP contribution in [0.5, 0.6) is 11.8 Å². The molecule has 2 fully saturated rings. The summed E-state index contributed by atoms with van der Waals surface area (Å²) in [7, 11) is 1.80. The van der Waals surface area contributed by atoms with Gasteiger partial charge in [0.2, 0.25) is 0 Å². The fraction of sp³-hybridized carbons (Fsp3) is 0.462. The summed E-state index contributed by atoms with van der Waals surface area (Å²) in [5, 5.41) is 3.12. The average Bonchev–Trinajstić information content (AvgIpc) is 3.14. The Balaban J connectivity index is 1.39. The van der Waals surface area contributed by atoms with Gasteiger partial charge >= 0.3 is 6.01 Å². The minimum Gasteiger partial charge on any atom is -0.421 e. The summed E-state index contributed by atoms with van der Waals surface area (Å²) in [4.78, 5) is 20.7. The number of hydrogen-bond acceptors (Lipinski definition) is 8. The van der Waals surface area contributed by atoms with Gasteiger partial charge < -0.3 is 20.7 Å². The van der Waals surface area contributed by atoms with E-state index in [-0.39, 0.29) is 28.7 Å². The van der Waals surface area contributed by atoms with E-state index in [4.69, 9.17) is 20.4 Å². The maximum absolute atomic E-state index is 14.5. The number of benzene rings is 1. The Morgan fingerprint density at radius 3 is 2.51 bits per heavy atom. The van der Waals surface area contributed by atoms with Gasteiger partial charge in [0, 0.05) is 54.7 Å². The van der Waals surface area contributed by atoms with Gasteiger partial charge in [0.15, 0.2) is 5.75 Å². The van der Waals surface area contributed by atoms with Crippen molar-refractivity contribution in [2.75, 3.05) is 30.4 Å². The highest BCUT2D eigenvalue weighted by atomic mass is 19.1. The number of aromatic nitrogens is 4. The molecule has 1 spiro atoms. The number of ether oxygens (including phenoxy) is 1. The van der Waals surface area contributed by atoms with Gasteiger partial charge in [-0.05, 0) is 36.1 Å². The molecule has 2 aliphatic carbocycles. The molecule has 3 heterocycles. The van der Waals surface area contributed by atoms with Crippen LogP contribution in [0.3, 0.4) is 0 Å². The van der Waals surface area contributed by atoms with Crippen LogP contribution < -0.4 is 20.7 Å². The SMILES string of the molecule is CNc1cc(F)cc2c1Cc1nc(Oc3cnc(C(C)(C)C)nc3)nc(N3CC4(CC[C@H]4N)C3)c1-2. The molecule has 2 aromatic heterocycles. The fourth-order valence-corrected chi connectivity index (χ4v) is 5.43. The smallest absolute Gasteiger partial charge is 0.324 e. The zero-order valence-corrected chi connectivity index (χ0v) is 20.5. The molecule has 1 aromatic carbocycles. The van der Waals surface area contributed by atoms with Crippen LogP contribution in [0.25, 0.3) is 11.1 Å². The molecular weight excluding hydrogens is 445 g/mol. The Hall–Kier alpha value is -3.33. The standard InChI is InChI=1S/C26H30FN7O/c1-25(2,3)23-30-10-15(11-31-23)35-24-32-19-9-16-17(7-14(27)8-18(16)29-4)21(19)22(33-24)34-12-26(13-34)6-5-20(26)28/h7-8,10-11,20,29H,5-6,9,12-13,28H2,1-4H3/t20-/m1/s1. The van der Waals surface area contributed by atoms with Gasteiger partial charge in [-0.2, -0.15) is 9.97 Å². The quantitative estimate of drug-likeness (QED) is 0.456. The van der Waals surface area contributed by atoms with Crippen LogP contribution in [0.1, 0.15) is 50.7 Å². The lowest BCUT2D eigenvalue weighted by atomic mass is 9.60. The molecule has 3 aliphatic rings. The van der Waals surface area contributed by atoms with Gasteiger partial charge in [-0.1, -0.05) is 20.8 Å². The van der Waals surface area contributed by atoms with Crippen molar-refractivity contribution in [2.45, 2.75) is 51.5 Å². The summed E-state index contributed by atoms with van der Waals surface area (Å²) in [5.41, 5.74) is 10.7. The van der Waals surface area contributed by atoms with Crippen molar-refractivity contribution in [3.8, 4) is 22.9 Å². The van der Waals surface area contributed by atoms with Gasteiger partial charge in [-0.15, -0.1) is 0 Å². The monoisotopic (exact) mass is 475 g/mol. The maximum atomic E-state index is 14.5. The zero-order chi connectivity index (χ0) is 24.5. The average molecular weight is 476 g/mol. The molecule has 35 heavy (non-hydrogen) atoms. The van der Waals surface area contributed by atoms with Crippen molar-refractivity contribution < 1.29 is 9.13 Å². The van der Waals surface area contributed by atoms with Crippen molar-refractivity contribution in [3.63, 3.8) is 0 Å². The van der Waals surface area contributed by atoms with E-state index < -0.39 is 0 Å².